The summed E-state index contributed by atoms with van der Waals surface area (Å²) in [6.45, 7) is 0. The lowest BCUT2D eigenvalue weighted by Gasteiger charge is -2.00. The van der Waals surface area contributed by atoms with E-state index in [1.807, 2.05) is 30.3 Å². The lowest BCUT2D eigenvalue weighted by molar-refractivity contribution is 0.586. The van der Waals surface area contributed by atoms with E-state index in [1.165, 1.54) is 10.8 Å². The van der Waals surface area contributed by atoms with Crippen LogP contribution in [-0.2, 0) is 0 Å². The average Bonchev–Trinajstić information content (AvgIpc) is 3.12. The van der Waals surface area contributed by atoms with Gasteiger partial charge in [-0.2, -0.15) is 0 Å². The number of hydrogen-bond donors (Lipinski definition) is 0. The van der Waals surface area contributed by atoms with Gasteiger partial charge in [-0.15, -0.1) is 0 Å². The molecule has 0 spiro atoms. The van der Waals surface area contributed by atoms with Gasteiger partial charge in [-0.1, -0.05) is 36.4 Å². The van der Waals surface area contributed by atoms with Crippen LogP contribution in [0.3, 0.4) is 0 Å². The summed E-state index contributed by atoms with van der Waals surface area (Å²) in [5.74, 6) is 0.238. The lowest BCUT2D eigenvalue weighted by atomic mass is 10.1. The van der Waals surface area contributed by atoms with Crippen molar-refractivity contribution in [2.45, 2.75) is 12.8 Å². The van der Waals surface area contributed by atoms with Gasteiger partial charge in [-0.25, -0.2) is 4.39 Å². The fraction of sp³-hybridized carbons (Fsp3) is 0.200. The molecule has 0 atom stereocenters. The highest BCUT2D eigenvalue weighted by atomic mass is 19.1. The summed E-state index contributed by atoms with van der Waals surface area (Å²) in [6.07, 6.45) is 3.69. The van der Waals surface area contributed by atoms with E-state index < -0.39 is 0 Å². The highest BCUT2D eigenvalue weighted by Crippen LogP contribution is 2.38. The largest absolute Gasteiger partial charge is 0.212 e. The van der Waals surface area contributed by atoms with Crippen molar-refractivity contribution in [3.8, 4) is 0 Å². The fourth-order valence-corrected chi connectivity index (χ4v) is 1.93. The summed E-state index contributed by atoms with van der Waals surface area (Å²) in [4.78, 5) is 0. The molecule has 0 amide bonds. The Labute approximate surface area is 94.4 Å². The van der Waals surface area contributed by atoms with E-state index in [0.717, 1.165) is 18.4 Å². The third-order valence-corrected chi connectivity index (χ3v) is 3.05. The molecule has 1 saturated carbocycles. The van der Waals surface area contributed by atoms with Crippen molar-refractivity contribution in [2.24, 2.45) is 5.92 Å². The number of allylic oxidation sites excluding steroid dienone is 1. The molecule has 16 heavy (non-hydrogen) atoms. The standard InChI is InChI=1S/C15H13F/c16-15(13-7-8-13)10-11-5-6-12-3-1-2-4-14(12)9-11/h1-6,9-10,13H,7-8H2/b15-10-. The van der Waals surface area contributed by atoms with E-state index in [4.69, 9.17) is 0 Å². The van der Waals surface area contributed by atoms with Crippen LogP contribution in [-0.4, -0.2) is 0 Å². The van der Waals surface area contributed by atoms with Gasteiger partial charge in [0, 0.05) is 5.92 Å². The maximum Gasteiger partial charge on any atom is 0.104 e. The first kappa shape index (κ1) is 9.59. The molecule has 1 aliphatic rings. The Balaban J connectivity index is 2.01. The first-order valence-electron chi connectivity index (χ1n) is 5.69. The topological polar surface area (TPSA) is 0 Å². The Morgan fingerprint density at radius 3 is 2.56 bits per heavy atom. The molecule has 3 rings (SSSR count). The Morgan fingerprint density at radius 2 is 1.81 bits per heavy atom. The maximum atomic E-state index is 13.5. The van der Waals surface area contributed by atoms with Crippen LogP contribution in [0.25, 0.3) is 16.8 Å². The molecular formula is C15H13F. The maximum absolute atomic E-state index is 13.5. The normalized spacial score (nSPS) is 16.7. The number of rotatable bonds is 2. The van der Waals surface area contributed by atoms with Crippen molar-refractivity contribution >= 4 is 16.8 Å². The molecule has 0 aliphatic heterocycles. The van der Waals surface area contributed by atoms with Gasteiger partial charge in [-0.3, -0.25) is 0 Å². The molecule has 0 nitrogen and oxygen atoms in total. The Hall–Kier alpha value is -1.63. The molecule has 2 aromatic rings. The molecule has 80 valence electrons. The van der Waals surface area contributed by atoms with E-state index >= 15 is 0 Å². The Kier molecular flexibility index (Phi) is 2.24. The van der Waals surface area contributed by atoms with Crippen LogP contribution < -0.4 is 0 Å². The van der Waals surface area contributed by atoms with E-state index in [0.29, 0.717) is 0 Å². The quantitative estimate of drug-likeness (QED) is 0.684. The van der Waals surface area contributed by atoms with Gasteiger partial charge < -0.3 is 0 Å². The van der Waals surface area contributed by atoms with Crippen LogP contribution in [0.5, 0.6) is 0 Å². The van der Waals surface area contributed by atoms with Crippen LogP contribution >= 0.6 is 0 Å². The van der Waals surface area contributed by atoms with Crippen LogP contribution in [0, 0.1) is 5.92 Å². The molecular weight excluding hydrogens is 199 g/mol. The van der Waals surface area contributed by atoms with Crippen LogP contribution in [0.2, 0.25) is 0 Å². The van der Waals surface area contributed by atoms with Crippen molar-refractivity contribution in [1.29, 1.82) is 0 Å². The van der Waals surface area contributed by atoms with Crippen molar-refractivity contribution in [3.05, 3.63) is 53.9 Å². The minimum Gasteiger partial charge on any atom is -0.212 e. The predicted octanol–water partition coefficient (Wildman–Crippen LogP) is 4.56. The van der Waals surface area contributed by atoms with E-state index in [-0.39, 0.29) is 11.7 Å². The molecule has 2 aromatic carbocycles. The third kappa shape index (κ3) is 1.85. The number of hydrogen-bond acceptors (Lipinski definition) is 0. The lowest BCUT2D eigenvalue weighted by Crippen LogP contribution is -1.79. The number of benzene rings is 2. The molecule has 1 fully saturated rings. The third-order valence-electron chi connectivity index (χ3n) is 3.05. The van der Waals surface area contributed by atoms with Crippen LogP contribution in [0.15, 0.2) is 48.3 Å². The predicted molar refractivity (Wildman–Crippen MR) is 65.8 cm³/mol. The first-order valence-corrected chi connectivity index (χ1v) is 5.69. The van der Waals surface area contributed by atoms with Crippen LogP contribution in [0.4, 0.5) is 4.39 Å². The molecule has 0 aromatic heterocycles. The second-order valence-corrected chi connectivity index (χ2v) is 4.41. The average molecular weight is 212 g/mol. The monoisotopic (exact) mass is 212 g/mol. The van der Waals surface area contributed by atoms with Gasteiger partial charge in [0.15, 0.2) is 0 Å². The molecule has 1 heteroatoms. The zero-order chi connectivity index (χ0) is 11.0. The van der Waals surface area contributed by atoms with Gasteiger partial charge in [0.25, 0.3) is 0 Å². The minimum absolute atomic E-state index is 0.0373. The molecule has 0 N–H and O–H groups in total. The second-order valence-electron chi connectivity index (χ2n) is 4.41. The molecule has 0 saturated heterocycles. The molecule has 0 heterocycles. The van der Waals surface area contributed by atoms with Gasteiger partial charge in [-0.05, 0) is 41.3 Å². The molecule has 0 bridgehead atoms. The summed E-state index contributed by atoms with van der Waals surface area (Å²) in [5, 5.41) is 2.37. The zero-order valence-corrected chi connectivity index (χ0v) is 8.99. The Bertz CT molecular complexity index is 550. The van der Waals surface area contributed by atoms with Gasteiger partial charge in [0.1, 0.15) is 5.83 Å². The number of halogens is 1. The summed E-state index contributed by atoms with van der Waals surface area (Å²) in [6, 6.07) is 14.2. The van der Waals surface area contributed by atoms with Crippen molar-refractivity contribution < 1.29 is 4.39 Å². The van der Waals surface area contributed by atoms with Gasteiger partial charge >= 0.3 is 0 Å². The summed E-state index contributed by atoms with van der Waals surface area (Å²) in [5.41, 5.74) is 0.961. The smallest absolute Gasteiger partial charge is 0.104 e. The second kappa shape index (κ2) is 3.75. The van der Waals surface area contributed by atoms with E-state index in [9.17, 15) is 4.39 Å². The zero-order valence-electron chi connectivity index (χ0n) is 8.99. The van der Waals surface area contributed by atoms with Crippen molar-refractivity contribution in [2.75, 3.05) is 0 Å². The van der Waals surface area contributed by atoms with Gasteiger partial charge in [0.2, 0.25) is 0 Å². The summed E-state index contributed by atoms with van der Waals surface area (Å²) < 4.78 is 13.5. The fourth-order valence-electron chi connectivity index (χ4n) is 1.93. The highest BCUT2D eigenvalue weighted by Gasteiger charge is 2.26. The van der Waals surface area contributed by atoms with Crippen LogP contribution in [0.1, 0.15) is 18.4 Å². The Morgan fingerprint density at radius 1 is 1.06 bits per heavy atom. The molecule has 0 unspecified atom stereocenters. The molecule has 0 radical (unpaired) electrons. The molecule has 1 aliphatic carbocycles. The van der Waals surface area contributed by atoms with Gasteiger partial charge in [0.05, 0.1) is 0 Å². The first-order chi connectivity index (χ1) is 7.83. The van der Waals surface area contributed by atoms with Crippen molar-refractivity contribution in [3.63, 3.8) is 0 Å². The van der Waals surface area contributed by atoms with E-state index in [1.54, 1.807) is 6.08 Å². The van der Waals surface area contributed by atoms with E-state index in [2.05, 4.69) is 12.1 Å². The van der Waals surface area contributed by atoms with Crippen molar-refractivity contribution in [1.82, 2.24) is 0 Å². The summed E-state index contributed by atoms with van der Waals surface area (Å²) in [7, 11) is 0. The highest BCUT2D eigenvalue weighted by molar-refractivity contribution is 5.84. The number of fused-ring (bicyclic) bond motifs is 1. The SMILES string of the molecule is F/C(=C\c1ccc2ccccc2c1)C1CC1. The minimum atomic E-state index is 0.0373. The summed E-state index contributed by atoms with van der Waals surface area (Å²) >= 11 is 0.